The van der Waals surface area contributed by atoms with Crippen LogP contribution in [0.25, 0.3) is 0 Å². The lowest BCUT2D eigenvalue weighted by Gasteiger charge is -2.38. The first-order valence-corrected chi connectivity index (χ1v) is 5.05. The molecule has 1 fully saturated rings. The van der Waals surface area contributed by atoms with Gasteiger partial charge in [-0.05, 0) is 18.3 Å². The third-order valence-corrected chi connectivity index (χ3v) is 3.05. The third kappa shape index (κ3) is 2.69. The van der Waals surface area contributed by atoms with Gasteiger partial charge in [0.1, 0.15) is 0 Å². The summed E-state index contributed by atoms with van der Waals surface area (Å²) in [7, 11) is 0. The topological polar surface area (TPSA) is 55.1 Å². The van der Waals surface area contributed by atoms with Crippen LogP contribution in [0.15, 0.2) is 0 Å². The van der Waals surface area contributed by atoms with Crippen molar-refractivity contribution < 1.29 is 4.79 Å². The lowest BCUT2D eigenvalue weighted by Crippen LogP contribution is -2.42. The van der Waals surface area contributed by atoms with E-state index in [1.54, 1.807) is 0 Å². The Kier molecular flexibility index (Phi) is 3.31. The molecule has 1 amide bonds. The van der Waals surface area contributed by atoms with Crippen molar-refractivity contribution in [2.75, 3.05) is 13.1 Å². The van der Waals surface area contributed by atoms with Crippen LogP contribution >= 0.6 is 0 Å². The van der Waals surface area contributed by atoms with E-state index in [0.29, 0.717) is 12.0 Å². The zero-order chi connectivity index (χ0) is 9.90. The lowest BCUT2D eigenvalue weighted by atomic mass is 9.70. The summed E-state index contributed by atoms with van der Waals surface area (Å²) in [6.07, 6.45) is 3.79. The Morgan fingerprint density at radius 2 is 2.23 bits per heavy atom. The van der Waals surface area contributed by atoms with Crippen LogP contribution in [0.2, 0.25) is 0 Å². The second kappa shape index (κ2) is 4.09. The van der Waals surface area contributed by atoms with E-state index in [0.717, 1.165) is 6.54 Å². The van der Waals surface area contributed by atoms with Crippen LogP contribution in [0.4, 0.5) is 0 Å². The Balaban J connectivity index is 2.21. The summed E-state index contributed by atoms with van der Waals surface area (Å²) >= 11 is 0. The lowest BCUT2D eigenvalue weighted by molar-refractivity contribution is -0.125. The summed E-state index contributed by atoms with van der Waals surface area (Å²) in [5.41, 5.74) is 5.76. The Labute approximate surface area is 80.1 Å². The average molecular weight is 184 g/mol. The van der Waals surface area contributed by atoms with E-state index >= 15 is 0 Å². The summed E-state index contributed by atoms with van der Waals surface area (Å²) < 4.78 is 0. The monoisotopic (exact) mass is 184 g/mol. The highest BCUT2D eigenvalue weighted by Gasteiger charge is 2.32. The quantitative estimate of drug-likeness (QED) is 0.681. The highest BCUT2D eigenvalue weighted by molar-refractivity contribution is 5.78. The van der Waals surface area contributed by atoms with Crippen LogP contribution in [0.3, 0.4) is 0 Å². The number of hydrogen-bond acceptors (Lipinski definition) is 2. The van der Waals surface area contributed by atoms with Gasteiger partial charge < -0.3 is 11.1 Å². The van der Waals surface area contributed by atoms with Gasteiger partial charge in [0.15, 0.2) is 0 Å². The molecular weight excluding hydrogens is 164 g/mol. The van der Waals surface area contributed by atoms with Gasteiger partial charge in [0.05, 0.1) is 0 Å². The fourth-order valence-electron chi connectivity index (χ4n) is 1.54. The van der Waals surface area contributed by atoms with E-state index in [4.69, 9.17) is 5.73 Å². The smallest absolute Gasteiger partial charge is 0.224 e. The van der Waals surface area contributed by atoms with Crippen molar-refractivity contribution in [3.05, 3.63) is 0 Å². The summed E-state index contributed by atoms with van der Waals surface area (Å²) in [5, 5.41) is 2.96. The Bertz CT molecular complexity index is 187. The molecule has 0 heterocycles. The highest BCUT2D eigenvalue weighted by Crippen LogP contribution is 2.39. The van der Waals surface area contributed by atoms with Gasteiger partial charge in [-0.25, -0.2) is 0 Å². The van der Waals surface area contributed by atoms with Crippen molar-refractivity contribution in [3.63, 3.8) is 0 Å². The first-order chi connectivity index (χ1) is 6.07. The fourth-order valence-corrected chi connectivity index (χ4v) is 1.54. The van der Waals surface area contributed by atoms with Crippen molar-refractivity contribution >= 4 is 5.91 Å². The van der Waals surface area contributed by atoms with Gasteiger partial charge >= 0.3 is 0 Å². The van der Waals surface area contributed by atoms with Gasteiger partial charge in [0, 0.05) is 19.0 Å². The molecule has 0 aromatic heterocycles. The molecule has 0 aromatic carbocycles. The van der Waals surface area contributed by atoms with Crippen LogP contribution in [0.5, 0.6) is 0 Å². The van der Waals surface area contributed by atoms with Crippen LogP contribution in [0, 0.1) is 11.3 Å². The molecule has 3 N–H and O–H groups in total. The molecular formula is C10H20N2O. The number of nitrogens with two attached hydrogens (primary N) is 1. The zero-order valence-corrected chi connectivity index (χ0v) is 8.60. The summed E-state index contributed by atoms with van der Waals surface area (Å²) in [5.74, 6) is 0.0410. The van der Waals surface area contributed by atoms with Crippen molar-refractivity contribution in [2.45, 2.75) is 33.1 Å². The molecule has 13 heavy (non-hydrogen) atoms. The molecule has 0 aromatic rings. The molecule has 76 valence electrons. The maximum atomic E-state index is 11.4. The maximum absolute atomic E-state index is 11.4. The number of carbonyl (C=O) groups is 1. The molecule has 0 aliphatic heterocycles. The Morgan fingerprint density at radius 1 is 1.62 bits per heavy atom. The van der Waals surface area contributed by atoms with Crippen LogP contribution in [-0.2, 0) is 4.79 Å². The summed E-state index contributed by atoms with van der Waals surface area (Å²) in [6, 6.07) is 0. The summed E-state index contributed by atoms with van der Waals surface area (Å²) in [6.45, 7) is 5.33. The number of hydrogen-bond donors (Lipinski definition) is 2. The van der Waals surface area contributed by atoms with E-state index in [2.05, 4.69) is 12.2 Å². The minimum atomic E-state index is -0.0522. The number of rotatable bonds is 4. The third-order valence-electron chi connectivity index (χ3n) is 3.05. The molecule has 1 saturated carbocycles. The molecule has 1 rings (SSSR count). The molecule has 0 saturated heterocycles. The van der Waals surface area contributed by atoms with E-state index < -0.39 is 0 Å². The van der Waals surface area contributed by atoms with Gasteiger partial charge in [-0.2, -0.15) is 0 Å². The molecule has 0 spiro atoms. The van der Waals surface area contributed by atoms with Crippen molar-refractivity contribution in [1.29, 1.82) is 0 Å². The largest absolute Gasteiger partial charge is 0.355 e. The Morgan fingerprint density at radius 3 is 2.62 bits per heavy atom. The number of nitrogens with one attached hydrogen (secondary N) is 1. The summed E-state index contributed by atoms with van der Waals surface area (Å²) in [4.78, 5) is 11.4. The van der Waals surface area contributed by atoms with Gasteiger partial charge in [0.2, 0.25) is 5.91 Å². The predicted octanol–water partition coefficient (Wildman–Crippen LogP) is 0.888. The molecule has 3 nitrogen and oxygen atoms in total. The van der Waals surface area contributed by atoms with Gasteiger partial charge in [-0.3, -0.25) is 4.79 Å². The first-order valence-electron chi connectivity index (χ1n) is 5.05. The molecule has 1 unspecified atom stereocenters. The molecule has 0 bridgehead atoms. The zero-order valence-electron chi connectivity index (χ0n) is 8.60. The van der Waals surface area contributed by atoms with E-state index in [1.165, 1.54) is 19.3 Å². The highest BCUT2D eigenvalue weighted by atomic mass is 16.1. The molecule has 1 atom stereocenters. The molecule has 0 radical (unpaired) electrons. The average Bonchev–Trinajstić information content (AvgIpc) is 2.09. The minimum Gasteiger partial charge on any atom is -0.355 e. The van der Waals surface area contributed by atoms with E-state index in [-0.39, 0.29) is 11.8 Å². The van der Waals surface area contributed by atoms with Gasteiger partial charge in [-0.1, -0.05) is 20.3 Å². The van der Waals surface area contributed by atoms with Gasteiger partial charge in [-0.15, -0.1) is 0 Å². The van der Waals surface area contributed by atoms with Crippen LogP contribution < -0.4 is 11.1 Å². The second-order valence-electron chi connectivity index (χ2n) is 4.52. The number of carbonyl (C=O) groups excluding carboxylic acids is 1. The molecule has 1 aliphatic rings. The Hall–Kier alpha value is -0.570. The molecule has 3 heteroatoms. The fraction of sp³-hybridized carbons (Fsp3) is 0.900. The minimum absolute atomic E-state index is 0.0522. The second-order valence-corrected chi connectivity index (χ2v) is 4.52. The van der Waals surface area contributed by atoms with Crippen molar-refractivity contribution in [2.24, 2.45) is 17.1 Å². The normalized spacial score (nSPS) is 21.8. The number of amides is 1. The van der Waals surface area contributed by atoms with E-state index in [1.807, 2.05) is 6.92 Å². The van der Waals surface area contributed by atoms with Crippen LogP contribution in [-0.4, -0.2) is 19.0 Å². The van der Waals surface area contributed by atoms with Crippen LogP contribution in [0.1, 0.15) is 33.1 Å². The SMILES string of the molecule is CC(CN)C(=O)NCC1(C)CCC1. The predicted molar refractivity (Wildman–Crippen MR) is 53.2 cm³/mol. The van der Waals surface area contributed by atoms with Crippen molar-refractivity contribution in [1.82, 2.24) is 5.32 Å². The van der Waals surface area contributed by atoms with Gasteiger partial charge in [0.25, 0.3) is 0 Å². The molecule has 1 aliphatic carbocycles. The maximum Gasteiger partial charge on any atom is 0.224 e. The standard InChI is InChI=1S/C10H20N2O/c1-8(6-11)9(13)12-7-10(2)4-3-5-10/h8H,3-7,11H2,1-2H3,(H,12,13). The van der Waals surface area contributed by atoms with E-state index in [9.17, 15) is 4.79 Å². The van der Waals surface area contributed by atoms with Crippen molar-refractivity contribution in [3.8, 4) is 0 Å². The first kappa shape index (κ1) is 10.5.